The van der Waals surface area contributed by atoms with Crippen LogP contribution in [0.5, 0.6) is 0 Å². The van der Waals surface area contributed by atoms with Gasteiger partial charge in [-0.1, -0.05) is 12.1 Å². The van der Waals surface area contributed by atoms with Gasteiger partial charge in [0, 0.05) is 30.6 Å². The minimum atomic E-state index is -4.68. The van der Waals surface area contributed by atoms with E-state index in [1.54, 1.807) is 41.5 Å². The lowest BCUT2D eigenvalue weighted by Crippen LogP contribution is -2.48. The van der Waals surface area contributed by atoms with Crippen molar-refractivity contribution in [3.8, 4) is 6.07 Å². The summed E-state index contributed by atoms with van der Waals surface area (Å²) in [5, 5.41) is 14.8. The number of hydrogen-bond donors (Lipinski definition) is 2. The number of carbonyl (C=O) groups is 3. The summed E-state index contributed by atoms with van der Waals surface area (Å²) >= 11 is 0. The van der Waals surface area contributed by atoms with Crippen molar-refractivity contribution in [2.45, 2.75) is 76.3 Å². The fraction of sp³-hybridized carbons (Fsp3) is 0.419. The van der Waals surface area contributed by atoms with E-state index < -0.39 is 61.8 Å². The topological polar surface area (TPSA) is 155 Å². The number of anilines is 1. The fourth-order valence-corrected chi connectivity index (χ4v) is 5.45. The van der Waals surface area contributed by atoms with Gasteiger partial charge in [0.15, 0.2) is 9.84 Å². The summed E-state index contributed by atoms with van der Waals surface area (Å²) in [6.07, 6.45) is -6.07. The Kier molecular flexibility index (Phi) is 10.2. The summed E-state index contributed by atoms with van der Waals surface area (Å²) in [7, 11) is -4.12. The third kappa shape index (κ3) is 9.23. The molecular weight excluding hydrogens is 629 g/mol. The Morgan fingerprint density at radius 1 is 1.00 bits per heavy atom. The summed E-state index contributed by atoms with van der Waals surface area (Å²) in [5.74, 6) is -1.01. The van der Waals surface area contributed by atoms with E-state index in [2.05, 4.69) is 10.6 Å². The zero-order valence-electron chi connectivity index (χ0n) is 26.3. The maximum atomic E-state index is 14.2. The van der Waals surface area contributed by atoms with Crippen LogP contribution in [0.2, 0.25) is 0 Å². The number of carbonyl (C=O) groups excluding carboxylic acids is 3. The SMILES string of the molecule is CC(C)(C)OC(=O)NC(C1=C(Nc2cccc(C(F)(F)F)c2)CCN(C(=O)OC(C)(C)C)C1=O)c1ccc(C#N)cc1S(C)(=O)=O. The van der Waals surface area contributed by atoms with Crippen molar-refractivity contribution in [3.05, 3.63) is 70.4 Å². The van der Waals surface area contributed by atoms with Gasteiger partial charge in [-0.15, -0.1) is 0 Å². The van der Waals surface area contributed by atoms with E-state index in [0.29, 0.717) is 0 Å². The Morgan fingerprint density at radius 2 is 1.63 bits per heavy atom. The number of nitriles is 1. The minimum Gasteiger partial charge on any atom is -0.444 e. The fourth-order valence-electron chi connectivity index (χ4n) is 4.49. The number of nitrogens with zero attached hydrogens (tertiary/aromatic N) is 2. The molecule has 0 saturated heterocycles. The van der Waals surface area contributed by atoms with Crippen LogP contribution in [0.3, 0.4) is 0 Å². The summed E-state index contributed by atoms with van der Waals surface area (Å²) in [6.45, 7) is 9.20. The molecule has 248 valence electrons. The number of sulfone groups is 1. The lowest BCUT2D eigenvalue weighted by atomic mass is 9.91. The van der Waals surface area contributed by atoms with Crippen molar-refractivity contribution < 1.29 is 45.4 Å². The minimum absolute atomic E-state index is 0.00555. The Balaban J connectivity index is 2.34. The number of rotatable bonds is 6. The second kappa shape index (κ2) is 13.0. The molecule has 46 heavy (non-hydrogen) atoms. The summed E-state index contributed by atoms with van der Waals surface area (Å²) in [4.78, 5) is 40.9. The van der Waals surface area contributed by atoms with Crippen molar-refractivity contribution in [3.63, 3.8) is 0 Å². The van der Waals surface area contributed by atoms with Gasteiger partial charge in [0.05, 0.1) is 33.7 Å². The summed E-state index contributed by atoms with van der Waals surface area (Å²) in [6, 6.07) is 7.91. The Bertz CT molecular complexity index is 1720. The average molecular weight is 665 g/mol. The van der Waals surface area contributed by atoms with Gasteiger partial charge in [0.1, 0.15) is 11.2 Å². The third-order valence-corrected chi connectivity index (χ3v) is 7.44. The van der Waals surface area contributed by atoms with Gasteiger partial charge < -0.3 is 20.1 Å². The Morgan fingerprint density at radius 3 is 2.17 bits per heavy atom. The number of alkyl carbamates (subject to hydrolysis) is 1. The second-order valence-electron chi connectivity index (χ2n) is 12.5. The number of hydrogen-bond acceptors (Lipinski definition) is 9. The smallest absolute Gasteiger partial charge is 0.417 e. The molecule has 15 heteroatoms. The van der Waals surface area contributed by atoms with Gasteiger partial charge >= 0.3 is 18.4 Å². The van der Waals surface area contributed by atoms with Crippen molar-refractivity contribution in [1.82, 2.24) is 10.2 Å². The molecule has 2 aromatic carbocycles. The molecule has 1 atom stereocenters. The Labute approximate surface area is 265 Å². The highest BCUT2D eigenvalue weighted by Gasteiger charge is 2.41. The van der Waals surface area contributed by atoms with E-state index in [1.165, 1.54) is 18.2 Å². The first-order chi connectivity index (χ1) is 21.0. The second-order valence-corrected chi connectivity index (χ2v) is 14.5. The van der Waals surface area contributed by atoms with Gasteiger partial charge in [-0.25, -0.2) is 22.9 Å². The van der Waals surface area contributed by atoms with Crippen LogP contribution in [0.15, 0.2) is 58.6 Å². The van der Waals surface area contributed by atoms with E-state index in [-0.39, 0.29) is 41.1 Å². The van der Waals surface area contributed by atoms with E-state index in [1.807, 2.05) is 6.07 Å². The molecule has 11 nitrogen and oxygen atoms in total. The predicted octanol–water partition coefficient (Wildman–Crippen LogP) is 6.08. The number of imide groups is 1. The quantitative estimate of drug-likeness (QED) is 0.374. The summed E-state index contributed by atoms with van der Waals surface area (Å²) < 4.78 is 77.3. The molecule has 1 aliphatic rings. The molecule has 0 bridgehead atoms. The predicted molar refractivity (Wildman–Crippen MR) is 161 cm³/mol. The largest absolute Gasteiger partial charge is 0.444 e. The maximum Gasteiger partial charge on any atom is 0.417 e. The van der Waals surface area contributed by atoms with Crippen LogP contribution in [-0.4, -0.2) is 55.4 Å². The molecule has 0 spiro atoms. The number of alkyl halides is 3. The standard InChI is InChI=1S/C31H35F3N4O7S/c1-29(2,3)44-27(40)37-25(21-12-11-18(17-35)15-23(21)46(7,42)43)24-22(36-20-10-8-9-19(16-20)31(32,33)34)13-14-38(26(24)39)28(41)45-30(4,5)6/h8-12,15-16,25,36H,13-14H2,1-7H3,(H,37,40). The molecule has 0 radical (unpaired) electrons. The van der Waals surface area contributed by atoms with E-state index in [4.69, 9.17) is 9.47 Å². The van der Waals surface area contributed by atoms with E-state index in [9.17, 15) is 41.2 Å². The van der Waals surface area contributed by atoms with Gasteiger partial charge in [-0.05, 0) is 77.4 Å². The van der Waals surface area contributed by atoms with Crippen molar-refractivity contribution in [1.29, 1.82) is 5.26 Å². The van der Waals surface area contributed by atoms with Crippen LogP contribution < -0.4 is 10.6 Å². The first-order valence-corrected chi connectivity index (χ1v) is 15.8. The van der Waals surface area contributed by atoms with E-state index in [0.717, 1.165) is 35.4 Å². The monoisotopic (exact) mass is 664 g/mol. The van der Waals surface area contributed by atoms with Crippen molar-refractivity contribution >= 4 is 33.6 Å². The first-order valence-electron chi connectivity index (χ1n) is 14.0. The van der Waals surface area contributed by atoms with Gasteiger partial charge in [-0.2, -0.15) is 18.4 Å². The summed E-state index contributed by atoms with van der Waals surface area (Å²) in [5.41, 5.74) is -3.67. The molecule has 3 amide bonds. The third-order valence-electron chi connectivity index (χ3n) is 6.29. The lowest BCUT2D eigenvalue weighted by molar-refractivity contribution is -0.137. The number of amides is 3. The van der Waals surface area contributed by atoms with Crippen LogP contribution >= 0.6 is 0 Å². The number of halogens is 3. The molecule has 1 unspecified atom stereocenters. The highest BCUT2D eigenvalue weighted by molar-refractivity contribution is 7.90. The Hall–Kier alpha value is -4.58. The number of ether oxygens (including phenoxy) is 2. The molecule has 2 N–H and O–H groups in total. The highest BCUT2D eigenvalue weighted by Crippen LogP contribution is 2.37. The van der Waals surface area contributed by atoms with Crippen LogP contribution in [0.4, 0.5) is 28.4 Å². The van der Waals surface area contributed by atoms with Crippen molar-refractivity contribution in [2.24, 2.45) is 0 Å². The highest BCUT2D eigenvalue weighted by atomic mass is 32.2. The molecular formula is C31H35F3N4O7S. The van der Waals surface area contributed by atoms with Crippen LogP contribution in [-0.2, 0) is 30.3 Å². The molecule has 3 rings (SSSR count). The molecule has 1 aliphatic heterocycles. The van der Waals surface area contributed by atoms with Crippen LogP contribution in [0.1, 0.15) is 70.7 Å². The molecule has 0 aromatic heterocycles. The zero-order valence-corrected chi connectivity index (χ0v) is 27.1. The molecule has 0 aliphatic carbocycles. The molecule has 2 aromatic rings. The molecule has 0 fully saturated rings. The molecule has 0 saturated carbocycles. The first kappa shape index (κ1) is 35.9. The molecule has 1 heterocycles. The average Bonchev–Trinajstić information content (AvgIpc) is 2.89. The van der Waals surface area contributed by atoms with E-state index >= 15 is 0 Å². The van der Waals surface area contributed by atoms with Crippen LogP contribution in [0, 0.1) is 11.3 Å². The lowest BCUT2D eigenvalue weighted by Gasteiger charge is -2.35. The van der Waals surface area contributed by atoms with Gasteiger partial charge in [-0.3, -0.25) is 4.79 Å². The normalized spacial score (nSPS) is 15.2. The maximum absolute atomic E-state index is 14.2. The van der Waals surface area contributed by atoms with Crippen LogP contribution in [0.25, 0.3) is 0 Å². The number of benzene rings is 2. The number of nitrogens with one attached hydrogen (secondary N) is 2. The van der Waals surface area contributed by atoms with Crippen molar-refractivity contribution in [2.75, 3.05) is 18.1 Å². The van der Waals surface area contributed by atoms with Gasteiger partial charge in [0.2, 0.25) is 0 Å². The zero-order chi connectivity index (χ0) is 34.8. The van der Waals surface area contributed by atoms with Gasteiger partial charge in [0.25, 0.3) is 5.91 Å².